The van der Waals surface area contributed by atoms with Crippen molar-refractivity contribution in [3.63, 3.8) is 0 Å². The van der Waals surface area contributed by atoms with Crippen LogP contribution in [0.2, 0.25) is 5.02 Å². The lowest BCUT2D eigenvalue weighted by Crippen LogP contribution is -2.10. The molecular weight excluding hydrogens is 247 g/mol. The Morgan fingerprint density at radius 3 is 2.88 bits per heavy atom. The van der Waals surface area contributed by atoms with Crippen molar-refractivity contribution >= 4 is 17.4 Å². The summed E-state index contributed by atoms with van der Waals surface area (Å²) in [5.41, 5.74) is 0. The van der Waals surface area contributed by atoms with E-state index in [4.69, 9.17) is 20.8 Å². The monoisotopic (exact) mass is 254 g/mol. The largest absolute Gasteiger partial charge is 0.485 e. The predicted molar refractivity (Wildman–Crippen MR) is 59.9 cm³/mol. The maximum Gasteiger partial charge on any atom is 0.235 e. The van der Waals surface area contributed by atoms with Gasteiger partial charge in [0, 0.05) is 6.07 Å². The summed E-state index contributed by atoms with van der Waals surface area (Å²) < 4.78 is 23.1. The lowest BCUT2D eigenvalue weighted by molar-refractivity contribution is 0.0893. The third-order valence-corrected chi connectivity index (χ3v) is 2.36. The van der Waals surface area contributed by atoms with Crippen LogP contribution in [0.25, 0.3) is 0 Å². The average molecular weight is 255 g/mol. The maximum atomic E-state index is 13.1. The molecule has 5 heteroatoms. The lowest BCUT2D eigenvalue weighted by Gasteiger charge is -2.04. The first kappa shape index (κ1) is 11.7. The molecule has 0 amide bonds. The zero-order valence-electron chi connectivity index (χ0n) is 8.65. The molecule has 3 nitrogen and oxygen atoms in total. The fourth-order valence-electron chi connectivity index (χ4n) is 1.22. The fraction of sp³-hybridized carbons (Fsp3) is 0.0833. The van der Waals surface area contributed by atoms with Gasteiger partial charge in [-0.25, -0.2) is 4.39 Å². The van der Waals surface area contributed by atoms with E-state index in [0.29, 0.717) is 0 Å². The predicted octanol–water partition coefficient (Wildman–Crippen LogP) is 3.33. The Bertz CT molecular complexity index is 523. The number of hydrogen-bond acceptors (Lipinski definition) is 3. The van der Waals surface area contributed by atoms with Crippen LogP contribution in [0, 0.1) is 5.82 Å². The quantitative estimate of drug-likeness (QED) is 0.786. The van der Waals surface area contributed by atoms with E-state index in [1.165, 1.54) is 24.5 Å². The molecule has 0 fully saturated rings. The third-order valence-electron chi connectivity index (χ3n) is 2.06. The van der Waals surface area contributed by atoms with Gasteiger partial charge in [0.05, 0.1) is 11.3 Å². The van der Waals surface area contributed by atoms with Gasteiger partial charge >= 0.3 is 0 Å². The number of hydrogen-bond donors (Lipinski definition) is 0. The van der Waals surface area contributed by atoms with Gasteiger partial charge in [-0.05, 0) is 24.3 Å². The number of benzene rings is 1. The molecule has 0 aliphatic rings. The molecule has 0 saturated carbocycles. The number of furan rings is 1. The van der Waals surface area contributed by atoms with Gasteiger partial charge < -0.3 is 9.15 Å². The van der Waals surface area contributed by atoms with E-state index >= 15 is 0 Å². The van der Waals surface area contributed by atoms with Crippen LogP contribution in [0.1, 0.15) is 10.6 Å². The molecule has 0 N–H and O–H groups in total. The zero-order chi connectivity index (χ0) is 12.3. The molecule has 0 bridgehead atoms. The number of rotatable bonds is 4. The molecular formula is C12H8ClFO3. The molecule has 17 heavy (non-hydrogen) atoms. The highest BCUT2D eigenvalue weighted by atomic mass is 35.5. The van der Waals surface area contributed by atoms with E-state index in [-0.39, 0.29) is 28.9 Å². The molecule has 0 spiro atoms. The maximum absolute atomic E-state index is 13.1. The Balaban J connectivity index is 1.98. The Morgan fingerprint density at radius 1 is 1.41 bits per heavy atom. The third kappa shape index (κ3) is 2.85. The Kier molecular flexibility index (Phi) is 3.44. The number of Topliss-reactive ketones (excluding diaryl/α,β-unsaturated/α-hetero) is 1. The smallest absolute Gasteiger partial charge is 0.235 e. The van der Waals surface area contributed by atoms with Crippen molar-refractivity contribution in [2.24, 2.45) is 0 Å². The van der Waals surface area contributed by atoms with Crippen LogP contribution in [-0.4, -0.2) is 12.4 Å². The number of carbonyl (C=O) groups excluding carboxylic acids is 1. The normalized spacial score (nSPS) is 10.2. The van der Waals surface area contributed by atoms with Crippen LogP contribution >= 0.6 is 11.6 Å². The second kappa shape index (κ2) is 5.01. The van der Waals surface area contributed by atoms with Crippen molar-refractivity contribution in [1.29, 1.82) is 0 Å². The van der Waals surface area contributed by atoms with Crippen LogP contribution in [0.4, 0.5) is 4.39 Å². The second-order valence-corrected chi connectivity index (χ2v) is 3.67. The minimum atomic E-state index is -0.588. The summed E-state index contributed by atoms with van der Waals surface area (Å²) in [6, 6.07) is 7.12. The fourth-order valence-corrected chi connectivity index (χ4v) is 1.34. The first-order chi connectivity index (χ1) is 8.16. The molecule has 0 atom stereocenters. The van der Waals surface area contributed by atoms with Gasteiger partial charge in [0.1, 0.15) is 11.6 Å². The molecule has 0 aliphatic carbocycles. The number of carbonyl (C=O) groups is 1. The van der Waals surface area contributed by atoms with Crippen LogP contribution in [0.3, 0.4) is 0 Å². The molecule has 0 saturated heterocycles. The summed E-state index contributed by atoms with van der Waals surface area (Å²) in [7, 11) is 0. The molecule has 0 radical (unpaired) electrons. The van der Waals surface area contributed by atoms with Crippen molar-refractivity contribution < 1.29 is 18.3 Å². The van der Waals surface area contributed by atoms with E-state index < -0.39 is 5.82 Å². The molecule has 1 aromatic carbocycles. The van der Waals surface area contributed by atoms with Gasteiger partial charge in [-0.1, -0.05) is 11.6 Å². The minimum absolute atomic E-state index is 0.00899. The number of halogens is 2. The van der Waals surface area contributed by atoms with Gasteiger partial charge in [-0.3, -0.25) is 4.79 Å². The number of ketones is 1. The lowest BCUT2D eigenvalue weighted by atomic mass is 10.3. The highest BCUT2D eigenvalue weighted by molar-refractivity contribution is 6.30. The van der Waals surface area contributed by atoms with Crippen molar-refractivity contribution in [2.75, 3.05) is 6.61 Å². The number of ether oxygens (including phenoxy) is 1. The van der Waals surface area contributed by atoms with Crippen LogP contribution in [-0.2, 0) is 0 Å². The minimum Gasteiger partial charge on any atom is -0.485 e. The van der Waals surface area contributed by atoms with Gasteiger partial charge in [0.2, 0.25) is 5.78 Å². The summed E-state index contributed by atoms with van der Waals surface area (Å²) in [6.45, 7) is -0.214. The Hall–Kier alpha value is -1.81. The van der Waals surface area contributed by atoms with Gasteiger partial charge in [0.15, 0.2) is 12.4 Å². The Morgan fingerprint density at radius 2 is 2.24 bits per heavy atom. The van der Waals surface area contributed by atoms with E-state index in [9.17, 15) is 9.18 Å². The summed E-state index contributed by atoms with van der Waals surface area (Å²) in [5, 5.41) is 0.00899. The highest BCUT2D eigenvalue weighted by Gasteiger charge is 2.10. The van der Waals surface area contributed by atoms with Crippen molar-refractivity contribution in [3.05, 3.63) is 53.2 Å². The molecule has 2 rings (SSSR count). The van der Waals surface area contributed by atoms with E-state index in [2.05, 4.69) is 0 Å². The summed E-state index contributed by atoms with van der Waals surface area (Å²) in [6.07, 6.45) is 1.40. The van der Waals surface area contributed by atoms with E-state index in [0.717, 1.165) is 6.07 Å². The van der Waals surface area contributed by atoms with Crippen molar-refractivity contribution in [2.45, 2.75) is 0 Å². The van der Waals surface area contributed by atoms with Crippen molar-refractivity contribution in [3.8, 4) is 5.75 Å². The van der Waals surface area contributed by atoms with Gasteiger partial charge in [-0.15, -0.1) is 0 Å². The standard InChI is InChI=1S/C12H8ClFO3/c13-9-4-3-8(6-10(9)14)17-7-11(15)12-2-1-5-16-12/h1-6H,7H2. The summed E-state index contributed by atoms with van der Waals surface area (Å²) in [4.78, 5) is 11.5. The molecule has 0 unspecified atom stereocenters. The molecule has 2 aromatic rings. The molecule has 88 valence electrons. The molecule has 0 aliphatic heterocycles. The second-order valence-electron chi connectivity index (χ2n) is 3.27. The first-order valence-electron chi connectivity index (χ1n) is 4.81. The van der Waals surface area contributed by atoms with Gasteiger partial charge in [0.25, 0.3) is 0 Å². The SMILES string of the molecule is O=C(COc1ccc(Cl)c(F)c1)c1ccco1. The first-order valence-corrected chi connectivity index (χ1v) is 5.19. The van der Waals surface area contributed by atoms with Gasteiger partial charge in [-0.2, -0.15) is 0 Å². The summed E-state index contributed by atoms with van der Waals surface area (Å²) in [5.74, 6) is -0.453. The highest BCUT2D eigenvalue weighted by Crippen LogP contribution is 2.20. The van der Waals surface area contributed by atoms with E-state index in [1.54, 1.807) is 6.07 Å². The van der Waals surface area contributed by atoms with Crippen molar-refractivity contribution in [1.82, 2.24) is 0 Å². The summed E-state index contributed by atoms with van der Waals surface area (Å²) >= 11 is 5.51. The Labute approximate surface area is 102 Å². The van der Waals surface area contributed by atoms with Crippen LogP contribution in [0.5, 0.6) is 5.75 Å². The molecule has 1 heterocycles. The topological polar surface area (TPSA) is 39.4 Å². The average Bonchev–Trinajstić information content (AvgIpc) is 2.84. The van der Waals surface area contributed by atoms with E-state index in [1.807, 2.05) is 0 Å². The van der Waals surface area contributed by atoms with Crippen LogP contribution < -0.4 is 4.74 Å². The van der Waals surface area contributed by atoms with Crippen LogP contribution in [0.15, 0.2) is 41.0 Å². The molecule has 1 aromatic heterocycles. The zero-order valence-corrected chi connectivity index (χ0v) is 9.41.